The van der Waals surface area contributed by atoms with Crippen molar-refractivity contribution in [2.75, 3.05) is 0 Å². The van der Waals surface area contributed by atoms with Crippen LogP contribution in [0.2, 0.25) is 0 Å². The highest BCUT2D eigenvalue weighted by atomic mass is 16.3. The van der Waals surface area contributed by atoms with Gasteiger partial charge in [0.1, 0.15) is 11.2 Å². The van der Waals surface area contributed by atoms with Gasteiger partial charge in [-0.25, -0.2) is 0 Å². The summed E-state index contributed by atoms with van der Waals surface area (Å²) in [6, 6.07) is 58.4. The monoisotopic (exact) mass is 582 g/mol. The zero-order chi connectivity index (χ0) is 30.0. The van der Waals surface area contributed by atoms with Crippen molar-refractivity contribution in [3.05, 3.63) is 180 Å². The summed E-state index contributed by atoms with van der Waals surface area (Å²) in [4.78, 5) is 0. The summed E-state index contributed by atoms with van der Waals surface area (Å²) >= 11 is 0. The van der Waals surface area contributed by atoms with Gasteiger partial charge in [0.2, 0.25) is 0 Å². The van der Waals surface area contributed by atoms with E-state index in [1.54, 1.807) is 0 Å². The molecule has 11 rings (SSSR count). The number of furan rings is 1. The lowest BCUT2D eigenvalue weighted by Crippen LogP contribution is -2.26. The second-order valence-corrected chi connectivity index (χ2v) is 12.8. The molecule has 0 N–H and O–H groups in total. The van der Waals surface area contributed by atoms with Crippen LogP contribution in [0.15, 0.2) is 162 Å². The Hall–Kier alpha value is -5.92. The first-order chi connectivity index (χ1) is 22.8. The molecule has 0 bridgehead atoms. The first kappa shape index (κ1) is 24.4. The van der Waals surface area contributed by atoms with Crippen molar-refractivity contribution in [1.29, 1.82) is 0 Å². The topological polar surface area (TPSA) is 13.1 Å². The Kier molecular flexibility index (Phi) is 4.57. The third-order valence-corrected chi connectivity index (χ3v) is 10.6. The van der Waals surface area contributed by atoms with E-state index in [1.165, 1.54) is 77.2 Å². The molecule has 1 heterocycles. The second kappa shape index (κ2) is 8.62. The molecule has 0 saturated heterocycles. The Bertz CT molecular complexity index is 2700. The van der Waals surface area contributed by atoms with E-state index in [-0.39, 0.29) is 5.41 Å². The van der Waals surface area contributed by atoms with Gasteiger partial charge in [0.05, 0.1) is 5.41 Å². The molecule has 212 valence electrons. The van der Waals surface area contributed by atoms with Gasteiger partial charge in [0, 0.05) is 10.8 Å². The van der Waals surface area contributed by atoms with Crippen LogP contribution in [0, 0.1) is 0 Å². The Morgan fingerprint density at radius 1 is 0.348 bits per heavy atom. The molecule has 0 radical (unpaired) electrons. The third-order valence-electron chi connectivity index (χ3n) is 10.6. The first-order valence-electron chi connectivity index (χ1n) is 16.0. The fourth-order valence-corrected chi connectivity index (χ4v) is 8.74. The number of hydrogen-bond acceptors (Lipinski definition) is 1. The summed E-state index contributed by atoms with van der Waals surface area (Å²) in [5, 5.41) is 7.30. The summed E-state index contributed by atoms with van der Waals surface area (Å²) in [6.07, 6.45) is 0. The van der Waals surface area contributed by atoms with Crippen LogP contribution in [0.25, 0.3) is 76.9 Å². The van der Waals surface area contributed by atoms with Crippen LogP contribution in [0.3, 0.4) is 0 Å². The largest absolute Gasteiger partial charge is 0.456 e. The van der Waals surface area contributed by atoms with Crippen LogP contribution in [0.4, 0.5) is 0 Å². The van der Waals surface area contributed by atoms with Crippen molar-refractivity contribution in [2.24, 2.45) is 0 Å². The summed E-state index contributed by atoms with van der Waals surface area (Å²) in [5.41, 5.74) is 14.7. The highest BCUT2D eigenvalue weighted by Gasteiger charge is 2.52. The SMILES string of the molecule is c1ccc2c(c1)-c1ccccc1C21c2ccccc2-c2ccc3ccc(-c4ccc5oc6cc7ccccc7cc6c5c4)cc3c21. The number of benzene rings is 8. The molecule has 0 fully saturated rings. The van der Waals surface area contributed by atoms with Crippen molar-refractivity contribution in [3.8, 4) is 33.4 Å². The van der Waals surface area contributed by atoms with Crippen LogP contribution in [-0.4, -0.2) is 0 Å². The van der Waals surface area contributed by atoms with Crippen molar-refractivity contribution in [2.45, 2.75) is 5.41 Å². The smallest absolute Gasteiger partial charge is 0.136 e. The van der Waals surface area contributed by atoms with Crippen LogP contribution in [0.5, 0.6) is 0 Å². The van der Waals surface area contributed by atoms with Crippen molar-refractivity contribution < 1.29 is 4.42 Å². The molecule has 0 aliphatic heterocycles. The highest BCUT2D eigenvalue weighted by molar-refractivity contribution is 6.11. The number of hydrogen-bond donors (Lipinski definition) is 0. The molecule has 1 nitrogen and oxygen atoms in total. The van der Waals surface area contributed by atoms with Gasteiger partial charge in [-0.1, -0.05) is 127 Å². The second-order valence-electron chi connectivity index (χ2n) is 12.8. The summed E-state index contributed by atoms with van der Waals surface area (Å²) in [7, 11) is 0. The van der Waals surface area contributed by atoms with Gasteiger partial charge >= 0.3 is 0 Å². The van der Waals surface area contributed by atoms with Gasteiger partial charge in [-0.05, 0) is 108 Å². The zero-order valence-electron chi connectivity index (χ0n) is 24.9. The minimum Gasteiger partial charge on any atom is -0.456 e. The van der Waals surface area contributed by atoms with E-state index < -0.39 is 0 Å². The quantitative estimate of drug-likeness (QED) is 0.188. The molecular weight excluding hydrogens is 556 g/mol. The van der Waals surface area contributed by atoms with Gasteiger partial charge in [-0.3, -0.25) is 0 Å². The molecule has 2 aliphatic carbocycles. The van der Waals surface area contributed by atoms with Gasteiger partial charge in [-0.2, -0.15) is 0 Å². The number of rotatable bonds is 1. The number of fused-ring (bicyclic) bond motifs is 16. The van der Waals surface area contributed by atoms with Crippen molar-refractivity contribution >= 4 is 43.5 Å². The van der Waals surface area contributed by atoms with E-state index in [0.717, 1.165) is 21.9 Å². The van der Waals surface area contributed by atoms with Gasteiger partial charge in [-0.15, -0.1) is 0 Å². The average Bonchev–Trinajstić information content (AvgIpc) is 3.73. The fourth-order valence-electron chi connectivity index (χ4n) is 8.74. The molecule has 0 amide bonds. The van der Waals surface area contributed by atoms with Crippen LogP contribution in [-0.2, 0) is 5.41 Å². The minimum absolute atomic E-state index is 0.372. The molecule has 1 aromatic heterocycles. The maximum Gasteiger partial charge on any atom is 0.136 e. The summed E-state index contributed by atoms with van der Waals surface area (Å²) in [6.45, 7) is 0. The van der Waals surface area contributed by atoms with Crippen LogP contribution >= 0.6 is 0 Å². The normalized spacial score (nSPS) is 13.8. The van der Waals surface area contributed by atoms with E-state index in [9.17, 15) is 0 Å². The lowest BCUT2D eigenvalue weighted by molar-refractivity contribution is 0.669. The molecule has 1 spiro atoms. The Balaban J connectivity index is 1.20. The predicted molar refractivity (Wildman–Crippen MR) is 190 cm³/mol. The van der Waals surface area contributed by atoms with E-state index in [2.05, 4.69) is 158 Å². The maximum absolute atomic E-state index is 6.35. The van der Waals surface area contributed by atoms with Crippen molar-refractivity contribution in [3.63, 3.8) is 0 Å². The molecule has 8 aromatic carbocycles. The van der Waals surface area contributed by atoms with E-state index in [1.807, 2.05) is 0 Å². The predicted octanol–water partition coefficient (Wildman–Crippen LogP) is 11.9. The molecule has 1 heteroatoms. The Morgan fingerprint density at radius 2 is 0.870 bits per heavy atom. The van der Waals surface area contributed by atoms with Crippen LogP contribution in [0.1, 0.15) is 22.3 Å². The molecule has 0 saturated carbocycles. The molecule has 0 unspecified atom stereocenters. The standard InChI is InChI=1S/C45H26O/c1-2-10-29-26-43-38(24-28(29)9-1)37-25-31(20-22-42(37)46-43)30-18-17-27-19-21-35-34-13-5-8-16-41(34)45(44(35)36(27)23-30)39-14-6-3-11-32(39)33-12-4-7-15-40(33)45/h1-26H. The molecule has 9 aromatic rings. The molecule has 2 aliphatic rings. The molecule has 0 atom stereocenters. The van der Waals surface area contributed by atoms with Crippen LogP contribution < -0.4 is 0 Å². The van der Waals surface area contributed by atoms with Gasteiger partial charge < -0.3 is 4.42 Å². The lowest BCUT2D eigenvalue weighted by atomic mass is 9.69. The highest BCUT2D eigenvalue weighted by Crippen LogP contribution is 2.64. The van der Waals surface area contributed by atoms with E-state index in [0.29, 0.717) is 0 Å². The van der Waals surface area contributed by atoms with E-state index in [4.69, 9.17) is 4.42 Å². The summed E-state index contributed by atoms with van der Waals surface area (Å²) < 4.78 is 6.35. The molecular formula is C45H26O. The molecule has 46 heavy (non-hydrogen) atoms. The zero-order valence-corrected chi connectivity index (χ0v) is 24.9. The first-order valence-corrected chi connectivity index (χ1v) is 16.0. The fraction of sp³-hybridized carbons (Fsp3) is 0.0222. The maximum atomic E-state index is 6.35. The Labute approximate surface area is 266 Å². The van der Waals surface area contributed by atoms with Gasteiger partial charge in [0.25, 0.3) is 0 Å². The third kappa shape index (κ3) is 2.96. The van der Waals surface area contributed by atoms with Gasteiger partial charge in [0.15, 0.2) is 0 Å². The lowest BCUT2D eigenvalue weighted by Gasteiger charge is -2.31. The van der Waals surface area contributed by atoms with Crippen molar-refractivity contribution in [1.82, 2.24) is 0 Å². The minimum atomic E-state index is -0.372. The average molecular weight is 583 g/mol. The Morgan fingerprint density at radius 3 is 1.57 bits per heavy atom. The summed E-state index contributed by atoms with van der Waals surface area (Å²) in [5.74, 6) is 0. The van der Waals surface area contributed by atoms with E-state index >= 15 is 0 Å².